The molecule has 0 aliphatic carbocycles. The molecule has 12 heteroatoms. The van der Waals surface area contributed by atoms with Gasteiger partial charge in [-0.3, -0.25) is 29.1 Å². The van der Waals surface area contributed by atoms with Gasteiger partial charge in [-0.1, -0.05) is 0 Å². The monoisotopic (exact) mass is 411 g/mol. The van der Waals surface area contributed by atoms with Crippen LogP contribution in [-0.4, -0.2) is 107 Å². The SMILES string of the molecule is Cl.Cl.Cl.O=C(O)CN1CCN(CC(=O)O)CCN(CC(=O)O)CC1. The van der Waals surface area contributed by atoms with Crippen LogP contribution in [0, 0.1) is 0 Å². The normalized spacial score (nSPS) is 17.0. The van der Waals surface area contributed by atoms with Gasteiger partial charge in [0.05, 0.1) is 19.6 Å². The molecule has 0 unspecified atom stereocenters. The molecule has 144 valence electrons. The van der Waals surface area contributed by atoms with Crippen LogP contribution in [0.1, 0.15) is 0 Å². The molecule has 0 aromatic heterocycles. The van der Waals surface area contributed by atoms with Crippen LogP contribution in [-0.2, 0) is 14.4 Å². The van der Waals surface area contributed by atoms with Gasteiger partial charge in [-0.25, -0.2) is 0 Å². The van der Waals surface area contributed by atoms with Crippen molar-refractivity contribution in [2.24, 2.45) is 0 Å². The van der Waals surface area contributed by atoms with Gasteiger partial charge in [-0.15, -0.1) is 37.2 Å². The van der Waals surface area contributed by atoms with Crippen molar-refractivity contribution in [3.63, 3.8) is 0 Å². The highest BCUT2D eigenvalue weighted by Crippen LogP contribution is 2.00. The van der Waals surface area contributed by atoms with Crippen LogP contribution in [0.15, 0.2) is 0 Å². The van der Waals surface area contributed by atoms with Crippen molar-refractivity contribution in [1.82, 2.24) is 14.7 Å². The van der Waals surface area contributed by atoms with Gasteiger partial charge in [-0.2, -0.15) is 0 Å². The summed E-state index contributed by atoms with van der Waals surface area (Å²) in [5, 5.41) is 26.6. The number of aliphatic carboxylic acids is 3. The van der Waals surface area contributed by atoms with E-state index in [2.05, 4.69) is 0 Å². The largest absolute Gasteiger partial charge is 0.480 e. The molecule has 1 fully saturated rings. The molecule has 1 heterocycles. The van der Waals surface area contributed by atoms with Crippen LogP contribution in [0.25, 0.3) is 0 Å². The van der Waals surface area contributed by atoms with E-state index in [1.54, 1.807) is 14.7 Å². The topological polar surface area (TPSA) is 122 Å². The number of carboxylic acid groups (broad SMARTS) is 3. The molecule has 1 aliphatic heterocycles. The number of nitrogens with zero attached hydrogens (tertiary/aromatic N) is 3. The molecule has 0 amide bonds. The van der Waals surface area contributed by atoms with E-state index in [1.807, 2.05) is 0 Å². The molecule has 1 saturated heterocycles. The number of hydrogen-bond donors (Lipinski definition) is 3. The van der Waals surface area contributed by atoms with E-state index in [0.29, 0.717) is 39.3 Å². The fourth-order valence-corrected chi connectivity index (χ4v) is 2.23. The summed E-state index contributed by atoms with van der Waals surface area (Å²) in [5.41, 5.74) is 0. The lowest BCUT2D eigenvalue weighted by atomic mass is 10.4. The predicted molar refractivity (Wildman–Crippen MR) is 94.0 cm³/mol. The second-order valence-electron chi connectivity index (χ2n) is 5.01. The third-order valence-corrected chi connectivity index (χ3v) is 3.27. The highest BCUT2D eigenvalue weighted by Gasteiger charge is 2.20. The minimum Gasteiger partial charge on any atom is -0.480 e. The second kappa shape index (κ2) is 14.5. The second-order valence-corrected chi connectivity index (χ2v) is 5.01. The zero-order valence-electron chi connectivity index (χ0n) is 13.0. The molecule has 0 aromatic carbocycles. The number of rotatable bonds is 6. The first-order valence-electron chi connectivity index (χ1n) is 6.69. The van der Waals surface area contributed by atoms with Crippen molar-refractivity contribution < 1.29 is 29.7 Å². The lowest BCUT2D eigenvalue weighted by Gasteiger charge is -2.23. The van der Waals surface area contributed by atoms with E-state index >= 15 is 0 Å². The van der Waals surface area contributed by atoms with E-state index in [4.69, 9.17) is 15.3 Å². The molecule has 9 nitrogen and oxygen atoms in total. The van der Waals surface area contributed by atoms with Crippen molar-refractivity contribution in [3.8, 4) is 0 Å². The summed E-state index contributed by atoms with van der Waals surface area (Å²) in [6, 6.07) is 0. The molecule has 0 aromatic rings. The van der Waals surface area contributed by atoms with Crippen LogP contribution >= 0.6 is 37.2 Å². The van der Waals surface area contributed by atoms with Gasteiger partial charge in [0.15, 0.2) is 0 Å². The zero-order chi connectivity index (χ0) is 15.8. The molecule has 1 aliphatic rings. The summed E-state index contributed by atoms with van der Waals surface area (Å²) in [4.78, 5) is 37.5. The number of carboxylic acids is 3. The number of halogens is 3. The lowest BCUT2D eigenvalue weighted by Crippen LogP contribution is -2.40. The molecule has 24 heavy (non-hydrogen) atoms. The van der Waals surface area contributed by atoms with Crippen LogP contribution in [0.3, 0.4) is 0 Å². The van der Waals surface area contributed by atoms with Crippen molar-refractivity contribution in [2.75, 3.05) is 58.9 Å². The van der Waals surface area contributed by atoms with Gasteiger partial charge in [0.1, 0.15) is 0 Å². The fraction of sp³-hybridized carbons (Fsp3) is 0.750. The quantitative estimate of drug-likeness (QED) is 0.526. The highest BCUT2D eigenvalue weighted by molar-refractivity contribution is 5.86. The third-order valence-electron chi connectivity index (χ3n) is 3.27. The molecular formula is C12H24Cl3N3O6. The minimum atomic E-state index is -0.955. The molecule has 0 atom stereocenters. The van der Waals surface area contributed by atoms with E-state index in [1.165, 1.54) is 0 Å². The number of carbonyl (C=O) groups is 3. The van der Waals surface area contributed by atoms with Gasteiger partial charge in [-0.05, 0) is 0 Å². The summed E-state index contributed by atoms with van der Waals surface area (Å²) in [7, 11) is 0. The van der Waals surface area contributed by atoms with E-state index in [-0.39, 0.29) is 56.9 Å². The van der Waals surface area contributed by atoms with Crippen molar-refractivity contribution in [3.05, 3.63) is 0 Å². The van der Waals surface area contributed by atoms with Gasteiger partial charge >= 0.3 is 17.9 Å². The van der Waals surface area contributed by atoms with Gasteiger partial charge in [0, 0.05) is 39.3 Å². The summed E-state index contributed by atoms with van der Waals surface area (Å²) >= 11 is 0. The Morgan fingerprint density at radius 2 is 0.708 bits per heavy atom. The van der Waals surface area contributed by atoms with Gasteiger partial charge in [0.25, 0.3) is 0 Å². The Kier molecular flexibility index (Phi) is 16.9. The Bertz CT molecular complexity index is 333. The van der Waals surface area contributed by atoms with E-state index in [9.17, 15) is 14.4 Å². The Labute approximate surface area is 158 Å². The predicted octanol–water partition coefficient (Wildman–Crippen LogP) is -0.575. The average molecular weight is 413 g/mol. The fourth-order valence-electron chi connectivity index (χ4n) is 2.23. The van der Waals surface area contributed by atoms with Crippen molar-refractivity contribution in [2.45, 2.75) is 0 Å². The molecule has 0 radical (unpaired) electrons. The zero-order valence-corrected chi connectivity index (χ0v) is 15.4. The Hall–Kier alpha value is -0.840. The standard InChI is InChI=1S/C12H21N3O6.3ClH/c16-10(17)7-13-1-2-14(8-11(18)19)5-6-15(4-3-13)9-12(20)21;;;/h1-9H2,(H,16,17)(H,18,19)(H,20,21);3*1H. The number of hydrogen-bond acceptors (Lipinski definition) is 6. The van der Waals surface area contributed by atoms with Crippen LogP contribution in [0.5, 0.6) is 0 Å². The van der Waals surface area contributed by atoms with Crippen LogP contribution in [0.2, 0.25) is 0 Å². The third kappa shape index (κ3) is 12.6. The van der Waals surface area contributed by atoms with Gasteiger partial charge in [0.2, 0.25) is 0 Å². The first-order chi connectivity index (χ1) is 9.86. The van der Waals surface area contributed by atoms with Crippen molar-refractivity contribution in [1.29, 1.82) is 0 Å². The first kappa shape index (κ1) is 28.0. The Morgan fingerprint density at radius 1 is 0.542 bits per heavy atom. The first-order valence-corrected chi connectivity index (χ1v) is 6.69. The molecule has 3 N–H and O–H groups in total. The van der Waals surface area contributed by atoms with E-state index in [0.717, 1.165) is 0 Å². The Morgan fingerprint density at radius 3 is 0.833 bits per heavy atom. The molecule has 1 rings (SSSR count). The van der Waals surface area contributed by atoms with Gasteiger partial charge < -0.3 is 15.3 Å². The Balaban J connectivity index is -0.00000147. The molecule has 0 bridgehead atoms. The molecule has 0 saturated carbocycles. The highest BCUT2D eigenvalue weighted by atomic mass is 35.5. The maximum absolute atomic E-state index is 10.8. The maximum Gasteiger partial charge on any atom is 0.317 e. The summed E-state index contributed by atoms with van der Waals surface area (Å²) < 4.78 is 0. The minimum absolute atomic E-state index is 0. The summed E-state index contributed by atoms with van der Waals surface area (Å²) in [6.07, 6.45) is 0. The summed E-state index contributed by atoms with van der Waals surface area (Å²) in [5.74, 6) is -2.86. The average Bonchev–Trinajstić information content (AvgIpc) is 2.42. The van der Waals surface area contributed by atoms with Crippen LogP contribution < -0.4 is 0 Å². The van der Waals surface area contributed by atoms with Crippen LogP contribution in [0.4, 0.5) is 0 Å². The molecular weight excluding hydrogens is 389 g/mol. The molecule has 0 spiro atoms. The smallest absolute Gasteiger partial charge is 0.317 e. The van der Waals surface area contributed by atoms with E-state index < -0.39 is 17.9 Å². The summed E-state index contributed by atoms with van der Waals surface area (Å²) in [6.45, 7) is 2.26. The van der Waals surface area contributed by atoms with Crippen molar-refractivity contribution >= 4 is 55.1 Å². The maximum atomic E-state index is 10.8. The lowest BCUT2D eigenvalue weighted by molar-refractivity contribution is -0.140.